The number of benzene rings is 1. The van der Waals surface area contributed by atoms with Gasteiger partial charge in [-0.1, -0.05) is 6.07 Å². The van der Waals surface area contributed by atoms with E-state index in [2.05, 4.69) is 11.1 Å². The lowest BCUT2D eigenvalue weighted by atomic mass is 9.92. The van der Waals surface area contributed by atoms with Crippen molar-refractivity contribution in [3.63, 3.8) is 0 Å². The quantitative estimate of drug-likeness (QED) is 0.622. The summed E-state index contributed by atoms with van der Waals surface area (Å²) in [6.07, 6.45) is 6.47. The zero-order valence-electron chi connectivity index (χ0n) is 16.1. The molecule has 7 heteroatoms. The molecule has 1 aromatic carbocycles. The van der Waals surface area contributed by atoms with Crippen LogP contribution in [0.2, 0.25) is 0 Å². The first-order chi connectivity index (χ1) is 14.2. The van der Waals surface area contributed by atoms with E-state index in [4.69, 9.17) is 18.9 Å². The highest BCUT2D eigenvalue weighted by atomic mass is 16.5. The van der Waals surface area contributed by atoms with Gasteiger partial charge in [0.05, 0.1) is 12.9 Å². The van der Waals surface area contributed by atoms with Crippen molar-refractivity contribution in [1.29, 1.82) is 0 Å². The molecule has 4 rings (SSSR count). The summed E-state index contributed by atoms with van der Waals surface area (Å²) in [5, 5.41) is 9.93. The maximum atomic E-state index is 11.2. The molecule has 1 atom stereocenters. The first-order valence-corrected chi connectivity index (χ1v) is 9.61. The summed E-state index contributed by atoms with van der Waals surface area (Å²) in [7, 11) is 0. The maximum Gasteiger partial charge on any atom is 0.352 e. The number of aromatic amines is 1. The van der Waals surface area contributed by atoms with Crippen molar-refractivity contribution in [2.45, 2.75) is 13.3 Å². The second-order valence-corrected chi connectivity index (χ2v) is 6.79. The van der Waals surface area contributed by atoms with E-state index in [-0.39, 0.29) is 11.6 Å². The SMILES string of the molecule is CCOCCOC1=CCC2C(COc3cccc4[nH]c(C(=O)O)cc34)=COC2=C1. The van der Waals surface area contributed by atoms with E-state index >= 15 is 0 Å². The zero-order valence-corrected chi connectivity index (χ0v) is 16.1. The van der Waals surface area contributed by atoms with E-state index in [1.54, 1.807) is 12.3 Å². The standard InChI is InChI=1S/C22H23NO6/c1-2-26-8-9-27-15-6-7-16-14(13-29-21(16)10-15)12-28-20-5-3-4-18-17(20)11-19(23-18)22(24)25/h3-6,10-11,13,16,23H,2,7-9,12H2,1H3,(H,24,25). The van der Waals surface area contributed by atoms with Crippen LogP contribution in [0.1, 0.15) is 23.8 Å². The lowest BCUT2D eigenvalue weighted by Gasteiger charge is -2.19. The van der Waals surface area contributed by atoms with Gasteiger partial charge in [-0.2, -0.15) is 0 Å². The van der Waals surface area contributed by atoms with Crippen LogP contribution >= 0.6 is 0 Å². The summed E-state index contributed by atoms with van der Waals surface area (Å²) in [5.41, 5.74) is 1.90. The first-order valence-electron chi connectivity index (χ1n) is 9.61. The Morgan fingerprint density at radius 3 is 3.03 bits per heavy atom. The van der Waals surface area contributed by atoms with E-state index in [0.717, 1.165) is 34.4 Å². The minimum absolute atomic E-state index is 0.134. The van der Waals surface area contributed by atoms with Crippen LogP contribution < -0.4 is 4.74 Å². The van der Waals surface area contributed by atoms with E-state index in [1.165, 1.54) is 0 Å². The van der Waals surface area contributed by atoms with Crippen molar-refractivity contribution in [3.8, 4) is 5.75 Å². The fourth-order valence-corrected chi connectivity index (χ4v) is 3.45. The molecule has 0 saturated heterocycles. The van der Waals surface area contributed by atoms with Crippen molar-refractivity contribution in [2.75, 3.05) is 26.4 Å². The molecule has 1 aromatic heterocycles. The molecule has 1 aliphatic carbocycles. The molecule has 1 unspecified atom stereocenters. The summed E-state index contributed by atoms with van der Waals surface area (Å²) >= 11 is 0. The van der Waals surface area contributed by atoms with Crippen molar-refractivity contribution < 1.29 is 28.8 Å². The summed E-state index contributed by atoms with van der Waals surface area (Å²) in [4.78, 5) is 14.1. The minimum atomic E-state index is -0.998. The second-order valence-electron chi connectivity index (χ2n) is 6.79. The minimum Gasteiger partial charge on any atom is -0.491 e. The molecule has 2 aliphatic rings. The Morgan fingerprint density at radius 1 is 1.31 bits per heavy atom. The van der Waals surface area contributed by atoms with E-state index < -0.39 is 5.97 Å². The summed E-state index contributed by atoms with van der Waals surface area (Å²) < 4.78 is 22.7. The van der Waals surface area contributed by atoms with E-state index in [1.807, 2.05) is 31.2 Å². The lowest BCUT2D eigenvalue weighted by Crippen LogP contribution is -2.13. The van der Waals surface area contributed by atoms with Crippen molar-refractivity contribution >= 4 is 16.9 Å². The first kappa shape index (κ1) is 19.1. The number of H-pyrrole nitrogens is 1. The lowest BCUT2D eigenvalue weighted by molar-refractivity contribution is 0.0691. The molecule has 2 N–H and O–H groups in total. The van der Waals surface area contributed by atoms with Gasteiger partial charge in [-0.25, -0.2) is 4.79 Å². The Morgan fingerprint density at radius 2 is 2.21 bits per heavy atom. The molecule has 0 fully saturated rings. The number of allylic oxidation sites excluding steroid dienone is 3. The van der Waals surface area contributed by atoms with Crippen molar-refractivity contribution in [2.24, 2.45) is 5.92 Å². The number of fused-ring (bicyclic) bond motifs is 2. The number of carbonyl (C=O) groups is 1. The maximum absolute atomic E-state index is 11.2. The van der Waals surface area contributed by atoms with Gasteiger partial charge in [-0.05, 0) is 37.6 Å². The van der Waals surface area contributed by atoms with Gasteiger partial charge in [0.2, 0.25) is 0 Å². The number of rotatable bonds is 9. The van der Waals surface area contributed by atoms with Gasteiger partial charge in [0.1, 0.15) is 36.2 Å². The molecule has 0 radical (unpaired) electrons. The molecule has 7 nitrogen and oxygen atoms in total. The van der Waals surface area contributed by atoms with Gasteiger partial charge >= 0.3 is 5.97 Å². The van der Waals surface area contributed by atoms with Crippen molar-refractivity contribution in [3.05, 3.63) is 65.5 Å². The molecule has 29 heavy (non-hydrogen) atoms. The van der Waals surface area contributed by atoms with E-state index in [0.29, 0.717) is 32.2 Å². The predicted molar refractivity (Wildman–Crippen MR) is 107 cm³/mol. The van der Waals surface area contributed by atoms with Gasteiger partial charge in [-0.15, -0.1) is 0 Å². The Balaban J connectivity index is 1.38. The zero-order chi connectivity index (χ0) is 20.2. The molecule has 0 amide bonds. The number of ether oxygens (including phenoxy) is 4. The normalized spacial score (nSPS) is 17.8. The van der Waals surface area contributed by atoms with Crippen LogP contribution in [0, 0.1) is 5.92 Å². The Bertz CT molecular complexity index is 1000. The highest BCUT2D eigenvalue weighted by molar-refractivity contribution is 5.96. The molecular formula is C22H23NO6. The molecule has 2 aromatic rings. The average Bonchev–Trinajstić information content (AvgIpc) is 3.34. The number of hydrogen-bond acceptors (Lipinski definition) is 5. The summed E-state index contributed by atoms with van der Waals surface area (Å²) in [6, 6.07) is 7.08. The van der Waals surface area contributed by atoms with Gasteiger partial charge in [0, 0.05) is 35.1 Å². The molecule has 0 bridgehead atoms. The van der Waals surface area contributed by atoms with Gasteiger partial charge in [0.15, 0.2) is 0 Å². The van der Waals surface area contributed by atoms with Gasteiger partial charge in [-0.3, -0.25) is 0 Å². The number of aromatic nitrogens is 1. The molecule has 0 spiro atoms. The summed E-state index contributed by atoms with van der Waals surface area (Å²) in [6.45, 7) is 4.07. The fourth-order valence-electron chi connectivity index (χ4n) is 3.45. The van der Waals surface area contributed by atoms with Gasteiger partial charge in [0.25, 0.3) is 0 Å². The highest BCUT2D eigenvalue weighted by Crippen LogP contribution is 2.37. The largest absolute Gasteiger partial charge is 0.491 e. The third-order valence-corrected chi connectivity index (χ3v) is 4.93. The Labute approximate surface area is 168 Å². The number of nitrogens with one attached hydrogen (secondary N) is 1. The summed E-state index contributed by atoms with van der Waals surface area (Å²) in [5.74, 6) is 1.42. The fraction of sp³-hybridized carbons (Fsp3) is 0.318. The molecule has 152 valence electrons. The smallest absolute Gasteiger partial charge is 0.352 e. The average molecular weight is 397 g/mol. The Hall–Kier alpha value is -3.19. The molecule has 1 aliphatic heterocycles. The molecule has 0 saturated carbocycles. The number of aromatic carboxylic acids is 1. The Kier molecular flexibility index (Phi) is 5.57. The number of carboxylic acid groups (broad SMARTS) is 1. The molecule has 2 heterocycles. The van der Waals surface area contributed by atoms with Crippen molar-refractivity contribution in [1.82, 2.24) is 4.98 Å². The van der Waals surface area contributed by atoms with Crippen LogP contribution in [-0.4, -0.2) is 42.5 Å². The van der Waals surface area contributed by atoms with Crippen LogP contribution in [0.5, 0.6) is 5.75 Å². The number of hydrogen-bond donors (Lipinski definition) is 2. The van der Waals surface area contributed by atoms with Crippen LogP contribution in [-0.2, 0) is 14.2 Å². The predicted octanol–water partition coefficient (Wildman–Crippen LogP) is 4.00. The monoisotopic (exact) mass is 397 g/mol. The second kappa shape index (κ2) is 8.45. The third kappa shape index (κ3) is 4.14. The van der Waals surface area contributed by atoms with Crippen LogP contribution in [0.25, 0.3) is 10.9 Å². The van der Waals surface area contributed by atoms with Crippen LogP contribution in [0.15, 0.2) is 59.8 Å². The van der Waals surface area contributed by atoms with Gasteiger partial charge < -0.3 is 29.0 Å². The highest BCUT2D eigenvalue weighted by Gasteiger charge is 2.29. The topological polar surface area (TPSA) is 90.0 Å². The van der Waals surface area contributed by atoms with Crippen LogP contribution in [0.3, 0.4) is 0 Å². The molecular weight excluding hydrogens is 374 g/mol. The van der Waals surface area contributed by atoms with Crippen LogP contribution in [0.4, 0.5) is 0 Å². The third-order valence-electron chi connectivity index (χ3n) is 4.93. The van der Waals surface area contributed by atoms with E-state index in [9.17, 15) is 9.90 Å². The number of carboxylic acids is 1.